The maximum Gasteiger partial charge on any atom is 0.126 e. The van der Waals surface area contributed by atoms with Crippen LogP contribution in [0.25, 0.3) is 0 Å². The summed E-state index contributed by atoms with van der Waals surface area (Å²) in [6, 6.07) is 0. The second-order valence-corrected chi connectivity index (χ2v) is 9.25. The normalized spacial score (nSPS) is 26.5. The van der Waals surface area contributed by atoms with Crippen LogP contribution in [0.3, 0.4) is 0 Å². The summed E-state index contributed by atoms with van der Waals surface area (Å²) in [6.45, 7) is 0. The van der Waals surface area contributed by atoms with Crippen LogP contribution in [0.15, 0.2) is 11.5 Å². The molecule has 1 aliphatic rings. The largest absolute Gasteiger partial charge is 0.510 e. The van der Waals surface area contributed by atoms with Crippen molar-refractivity contribution in [2.75, 3.05) is 17.3 Å². The molecular formula is C17H25NO5S4. The molecule has 0 aromatic heterocycles. The summed E-state index contributed by atoms with van der Waals surface area (Å²) in [5.74, 6) is 5.21. The minimum atomic E-state index is -1.28. The molecule has 0 aliphatic heterocycles. The molecule has 27 heavy (non-hydrogen) atoms. The summed E-state index contributed by atoms with van der Waals surface area (Å²) in [4.78, 5) is 0. The van der Waals surface area contributed by atoms with Gasteiger partial charge in [0.2, 0.25) is 0 Å². The maximum atomic E-state index is 10.3. The van der Waals surface area contributed by atoms with Gasteiger partial charge in [-0.2, -0.15) is 25.3 Å². The van der Waals surface area contributed by atoms with E-state index < -0.39 is 39.7 Å². The van der Waals surface area contributed by atoms with Crippen molar-refractivity contribution < 1.29 is 25.5 Å². The molecule has 0 aromatic rings. The van der Waals surface area contributed by atoms with E-state index in [1.807, 2.05) is 0 Å². The summed E-state index contributed by atoms with van der Waals surface area (Å²) in [6.07, 6.45) is 8.31. The van der Waals surface area contributed by atoms with Crippen molar-refractivity contribution in [1.82, 2.24) is 0 Å². The number of hydrogen-bond donors (Lipinski definition) is 8. The van der Waals surface area contributed by atoms with Crippen molar-refractivity contribution in [2.45, 2.75) is 40.7 Å². The fourth-order valence-electron chi connectivity index (χ4n) is 2.55. The zero-order chi connectivity index (χ0) is 20.8. The number of allylic oxidation sites excluding steroid dienone is 1. The van der Waals surface area contributed by atoms with Crippen molar-refractivity contribution in [2.24, 2.45) is 11.1 Å². The molecule has 0 aromatic carbocycles. The van der Waals surface area contributed by atoms with Gasteiger partial charge < -0.3 is 31.3 Å². The van der Waals surface area contributed by atoms with E-state index in [0.29, 0.717) is 0 Å². The topological polar surface area (TPSA) is 127 Å². The summed E-state index contributed by atoms with van der Waals surface area (Å²) < 4.78 is 0. The molecule has 0 fully saturated rings. The zero-order valence-electron chi connectivity index (χ0n) is 14.5. The molecule has 6 atom stereocenters. The molecule has 0 amide bonds. The van der Waals surface area contributed by atoms with E-state index in [2.05, 4.69) is 37.1 Å². The van der Waals surface area contributed by atoms with E-state index in [1.54, 1.807) is 0 Å². The first-order valence-corrected chi connectivity index (χ1v) is 11.3. The van der Waals surface area contributed by atoms with Crippen LogP contribution in [0, 0.1) is 30.1 Å². The van der Waals surface area contributed by atoms with Crippen molar-refractivity contribution in [3.8, 4) is 24.7 Å². The van der Waals surface area contributed by atoms with Crippen LogP contribution in [-0.2, 0) is 0 Å². The van der Waals surface area contributed by atoms with Gasteiger partial charge in [0.05, 0.1) is 29.3 Å². The highest BCUT2D eigenvalue weighted by atomic mass is 32.2. The Hall–Kier alpha value is -0.300. The third-order valence-corrected chi connectivity index (χ3v) is 7.98. The fraction of sp³-hybridized carbons (Fsp3) is 0.647. The number of hydrogen-bond acceptors (Lipinski definition) is 10. The molecule has 0 saturated carbocycles. The monoisotopic (exact) mass is 451 g/mol. The first kappa shape index (κ1) is 24.7. The number of aliphatic hydroxyl groups is 5. The Morgan fingerprint density at radius 1 is 1.11 bits per heavy atom. The van der Waals surface area contributed by atoms with Crippen LogP contribution in [0.2, 0.25) is 0 Å². The predicted molar refractivity (Wildman–Crippen MR) is 118 cm³/mol. The summed E-state index contributed by atoms with van der Waals surface area (Å²) >= 11 is 9.96. The Kier molecular flexibility index (Phi) is 10.1. The van der Waals surface area contributed by atoms with Gasteiger partial charge in [-0.05, 0) is 0 Å². The van der Waals surface area contributed by atoms with Gasteiger partial charge in [-0.3, -0.25) is 0 Å². The lowest BCUT2D eigenvalue weighted by Gasteiger charge is -2.43. The highest BCUT2D eigenvalue weighted by molar-refractivity contribution is 8.01. The smallest absolute Gasteiger partial charge is 0.126 e. The third kappa shape index (κ3) is 5.62. The average Bonchev–Trinajstić information content (AvgIpc) is 2.67. The van der Waals surface area contributed by atoms with Gasteiger partial charge in [0.1, 0.15) is 16.6 Å². The van der Waals surface area contributed by atoms with Crippen LogP contribution in [-0.4, -0.2) is 77.0 Å². The molecule has 1 aliphatic carbocycles. The third-order valence-electron chi connectivity index (χ3n) is 4.28. The van der Waals surface area contributed by atoms with Gasteiger partial charge in [-0.15, -0.1) is 36.4 Å². The maximum absolute atomic E-state index is 10.3. The SMILES string of the molecule is C#CC1(C#C)C(SC(O)C(O)CS)CC(O)=C(N)C1SCC(O)C(O)CS. The predicted octanol–water partition coefficient (Wildman–Crippen LogP) is -0.165. The minimum absolute atomic E-state index is 0.0279. The van der Waals surface area contributed by atoms with Gasteiger partial charge in [-0.1, -0.05) is 11.8 Å². The number of thiol groups is 2. The molecular weight excluding hydrogens is 426 g/mol. The Morgan fingerprint density at radius 2 is 1.67 bits per heavy atom. The molecule has 0 radical (unpaired) electrons. The number of rotatable bonds is 9. The molecule has 0 heterocycles. The number of nitrogens with two attached hydrogens (primary N) is 1. The summed E-state index contributed by atoms with van der Waals surface area (Å²) in [5, 5.41) is 48.6. The average molecular weight is 452 g/mol. The first-order valence-electron chi connectivity index (χ1n) is 8.02. The lowest BCUT2D eigenvalue weighted by atomic mass is 9.75. The summed E-state index contributed by atoms with van der Waals surface area (Å²) in [7, 11) is 0. The molecule has 1 rings (SSSR count). The van der Waals surface area contributed by atoms with E-state index in [1.165, 1.54) is 0 Å². The van der Waals surface area contributed by atoms with Crippen LogP contribution in [0.4, 0.5) is 0 Å². The quantitative estimate of drug-likeness (QED) is 0.138. The molecule has 0 saturated heterocycles. The Balaban J connectivity index is 3.16. The second-order valence-electron chi connectivity index (χ2n) is 6.06. The fourth-order valence-corrected chi connectivity index (χ4v) is 6.07. The van der Waals surface area contributed by atoms with Gasteiger partial charge in [-0.25, -0.2) is 0 Å². The van der Waals surface area contributed by atoms with Crippen molar-refractivity contribution >= 4 is 48.8 Å². The van der Waals surface area contributed by atoms with Crippen LogP contribution < -0.4 is 5.73 Å². The summed E-state index contributed by atoms with van der Waals surface area (Å²) in [5.41, 5.74) is 3.66. The van der Waals surface area contributed by atoms with Gasteiger partial charge in [0, 0.05) is 28.9 Å². The zero-order valence-corrected chi connectivity index (χ0v) is 17.9. The Morgan fingerprint density at radius 3 is 2.15 bits per heavy atom. The molecule has 6 unspecified atom stereocenters. The van der Waals surface area contributed by atoms with Crippen LogP contribution >= 0.6 is 48.8 Å². The van der Waals surface area contributed by atoms with E-state index in [9.17, 15) is 25.5 Å². The lowest BCUT2D eigenvalue weighted by molar-refractivity contribution is 0.0501. The van der Waals surface area contributed by atoms with Gasteiger partial charge in [0.25, 0.3) is 0 Å². The standard InChI is InChI=1S/C17H25NO5S4/c1-3-17(4-2)13(27-16(23)11(21)7-25)5-9(19)14(18)15(17)26-8-12(22)10(20)6-24/h1-2,10-13,15-16,19-25H,5-8,18H2. The highest BCUT2D eigenvalue weighted by Gasteiger charge is 2.50. The number of thioether (sulfide) groups is 2. The van der Waals surface area contributed by atoms with E-state index in [4.69, 9.17) is 18.6 Å². The first-order chi connectivity index (χ1) is 12.7. The van der Waals surface area contributed by atoms with E-state index in [-0.39, 0.29) is 35.1 Å². The molecule has 152 valence electrons. The second kappa shape index (κ2) is 11.0. The Bertz CT molecular complexity index is 603. The number of aliphatic hydroxyl groups excluding tert-OH is 5. The van der Waals surface area contributed by atoms with Gasteiger partial charge >= 0.3 is 0 Å². The van der Waals surface area contributed by atoms with Crippen molar-refractivity contribution in [1.29, 1.82) is 0 Å². The highest BCUT2D eigenvalue weighted by Crippen LogP contribution is 2.49. The molecule has 0 bridgehead atoms. The molecule has 0 spiro atoms. The van der Waals surface area contributed by atoms with Crippen molar-refractivity contribution in [3.63, 3.8) is 0 Å². The Labute approximate surface area is 179 Å². The molecule has 7 N–H and O–H groups in total. The lowest BCUT2D eigenvalue weighted by Crippen LogP contribution is -2.49. The van der Waals surface area contributed by atoms with E-state index in [0.717, 1.165) is 23.5 Å². The minimum Gasteiger partial charge on any atom is -0.510 e. The van der Waals surface area contributed by atoms with Crippen LogP contribution in [0.1, 0.15) is 6.42 Å². The molecule has 6 nitrogen and oxygen atoms in total. The van der Waals surface area contributed by atoms with Crippen LogP contribution in [0.5, 0.6) is 0 Å². The molecule has 10 heteroatoms. The van der Waals surface area contributed by atoms with E-state index >= 15 is 0 Å². The van der Waals surface area contributed by atoms with Gasteiger partial charge in [0.15, 0.2) is 0 Å². The van der Waals surface area contributed by atoms with Crippen molar-refractivity contribution in [3.05, 3.63) is 11.5 Å². The number of terminal acetylenes is 2.